The van der Waals surface area contributed by atoms with Crippen LogP contribution in [-0.2, 0) is 4.74 Å². The van der Waals surface area contributed by atoms with Crippen LogP contribution in [0.3, 0.4) is 0 Å². The molecule has 0 saturated carbocycles. The number of nitrogens with zero attached hydrogens (tertiary/aromatic N) is 1. The summed E-state index contributed by atoms with van der Waals surface area (Å²) in [5.41, 5.74) is -0.638. The molecule has 1 aromatic carbocycles. The van der Waals surface area contributed by atoms with Gasteiger partial charge in [-0.15, -0.1) is 0 Å². The van der Waals surface area contributed by atoms with Crippen molar-refractivity contribution in [3.05, 3.63) is 32.8 Å². The number of benzene rings is 1. The first-order valence-corrected chi connectivity index (χ1v) is 7.02. The van der Waals surface area contributed by atoms with Gasteiger partial charge in [0, 0.05) is 6.07 Å². The molecule has 0 spiro atoms. The average Bonchev–Trinajstić information content (AvgIpc) is 2.33. The van der Waals surface area contributed by atoms with E-state index in [1.807, 2.05) is 0 Å². The van der Waals surface area contributed by atoms with Crippen LogP contribution in [0, 0.1) is 10.1 Å². The molecular formula is C13H17BrN2O5. The number of rotatable bonds is 5. The number of ether oxygens (including phenoxy) is 2. The molecule has 0 unspecified atom stereocenters. The van der Waals surface area contributed by atoms with Crippen molar-refractivity contribution in [3.8, 4) is 5.75 Å². The van der Waals surface area contributed by atoms with Crippen LogP contribution in [0.1, 0.15) is 20.8 Å². The Kier molecular flexibility index (Phi) is 5.95. The fraction of sp³-hybridized carbons (Fsp3) is 0.462. The summed E-state index contributed by atoms with van der Waals surface area (Å²) in [4.78, 5) is 21.7. The topological polar surface area (TPSA) is 90.7 Å². The van der Waals surface area contributed by atoms with Gasteiger partial charge in [0.2, 0.25) is 0 Å². The smallest absolute Gasteiger partial charge is 0.407 e. The average molecular weight is 361 g/mol. The maximum absolute atomic E-state index is 11.4. The van der Waals surface area contributed by atoms with Gasteiger partial charge in [-0.3, -0.25) is 10.1 Å². The number of carbonyl (C=O) groups is 1. The molecule has 116 valence electrons. The van der Waals surface area contributed by atoms with Gasteiger partial charge in [0.15, 0.2) is 0 Å². The molecule has 0 aliphatic heterocycles. The molecule has 0 aliphatic rings. The predicted molar refractivity (Wildman–Crippen MR) is 80.5 cm³/mol. The lowest BCUT2D eigenvalue weighted by Gasteiger charge is -2.19. The zero-order valence-corrected chi connectivity index (χ0v) is 13.6. The minimum Gasteiger partial charge on any atom is -0.490 e. The highest BCUT2D eigenvalue weighted by atomic mass is 79.9. The Morgan fingerprint density at radius 1 is 1.43 bits per heavy atom. The Balaban J connectivity index is 2.45. The number of hydrogen-bond acceptors (Lipinski definition) is 5. The van der Waals surface area contributed by atoms with Crippen molar-refractivity contribution in [3.63, 3.8) is 0 Å². The normalized spacial score (nSPS) is 10.9. The van der Waals surface area contributed by atoms with E-state index in [1.54, 1.807) is 26.8 Å². The van der Waals surface area contributed by atoms with E-state index in [4.69, 9.17) is 9.47 Å². The second-order valence-electron chi connectivity index (χ2n) is 5.12. The predicted octanol–water partition coefficient (Wildman–Crippen LogP) is 3.26. The molecule has 0 aromatic heterocycles. The van der Waals surface area contributed by atoms with Crippen molar-refractivity contribution in [2.24, 2.45) is 0 Å². The minimum atomic E-state index is -0.561. The van der Waals surface area contributed by atoms with E-state index >= 15 is 0 Å². The molecule has 1 aromatic rings. The van der Waals surface area contributed by atoms with E-state index in [0.29, 0.717) is 5.75 Å². The van der Waals surface area contributed by atoms with Crippen LogP contribution in [0.5, 0.6) is 5.75 Å². The zero-order chi connectivity index (χ0) is 16.0. The van der Waals surface area contributed by atoms with Crippen LogP contribution in [0.4, 0.5) is 10.5 Å². The summed E-state index contributed by atoms with van der Waals surface area (Å²) in [6.45, 7) is 5.69. The first-order chi connectivity index (χ1) is 9.70. The maximum Gasteiger partial charge on any atom is 0.407 e. The number of nitrogens with one attached hydrogen (secondary N) is 1. The molecule has 7 nitrogen and oxygen atoms in total. The highest BCUT2D eigenvalue weighted by molar-refractivity contribution is 9.10. The number of halogens is 1. The zero-order valence-electron chi connectivity index (χ0n) is 12.0. The van der Waals surface area contributed by atoms with Gasteiger partial charge in [-0.1, -0.05) is 6.07 Å². The van der Waals surface area contributed by atoms with Gasteiger partial charge in [0.1, 0.15) is 22.4 Å². The van der Waals surface area contributed by atoms with Crippen molar-refractivity contribution >= 4 is 27.7 Å². The van der Waals surface area contributed by atoms with E-state index in [2.05, 4.69) is 21.2 Å². The third kappa shape index (κ3) is 5.99. The van der Waals surface area contributed by atoms with Gasteiger partial charge in [0.25, 0.3) is 5.69 Å². The summed E-state index contributed by atoms with van der Waals surface area (Å²) in [7, 11) is 0. The molecule has 1 N–H and O–H groups in total. The summed E-state index contributed by atoms with van der Waals surface area (Å²) >= 11 is 3.12. The van der Waals surface area contributed by atoms with Gasteiger partial charge in [-0.05, 0) is 42.8 Å². The summed E-state index contributed by atoms with van der Waals surface area (Å²) in [5, 5.41) is 13.3. The molecule has 8 heteroatoms. The molecular weight excluding hydrogens is 344 g/mol. The van der Waals surface area contributed by atoms with Crippen molar-refractivity contribution in [2.75, 3.05) is 13.2 Å². The largest absolute Gasteiger partial charge is 0.490 e. The van der Waals surface area contributed by atoms with Crippen LogP contribution in [0.2, 0.25) is 0 Å². The van der Waals surface area contributed by atoms with E-state index in [9.17, 15) is 14.9 Å². The number of alkyl carbamates (subject to hydrolysis) is 1. The van der Waals surface area contributed by atoms with Gasteiger partial charge in [0.05, 0.1) is 11.5 Å². The summed E-state index contributed by atoms with van der Waals surface area (Å²) in [6.07, 6.45) is -0.538. The standard InChI is InChI=1S/C13H17BrN2O5/c1-13(2,3)21-12(17)15-7-8-20-10-6-4-5-9(11(10)14)16(18)19/h4-6H,7-8H2,1-3H3,(H,15,17). The first kappa shape index (κ1) is 17.2. The van der Waals surface area contributed by atoms with Crippen LogP contribution >= 0.6 is 15.9 Å². The van der Waals surface area contributed by atoms with Crippen LogP contribution in [0.25, 0.3) is 0 Å². The Morgan fingerprint density at radius 2 is 2.10 bits per heavy atom. The van der Waals surface area contributed by atoms with E-state index in [0.717, 1.165) is 0 Å². The third-order valence-corrected chi connectivity index (χ3v) is 2.96. The fourth-order valence-electron chi connectivity index (χ4n) is 1.38. The third-order valence-electron chi connectivity index (χ3n) is 2.17. The summed E-state index contributed by atoms with van der Waals surface area (Å²) < 4.78 is 10.7. The van der Waals surface area contributed by atoms with Crippen LogP contribution in [0.15, 0.2) is 22.7 Å². The molecule has 21 heavy (non-hydrogen) atoms. The fourth-order valence-corrected chi connectivity index (χ4v) is 1.90. The molecule has 0 bridgehead atoms. The van der Waals surface area contributed by atoms with Gasteiger partial charge in [-0.2, -0.15) is 0 Å². The Bertz CT molecular complexity index is 528. The number of hydrogen-bond donors (Lipinski definition) is 1. The monoisotopic (exact) mass is 360 g/mol. The Morgan fingerprint density at radius 3 is 2.67 bits per heavy atom. The molecule has 0 saturated heterocycles. The van der Waals surface area contributed by atoms with Crippen molar-refractivity contribution < 1.29 is 19.2 Å². The lowest BCUT2D eigenvalue weighted by atomic mass is 10.2. The molecule has 1 amide bonds. The summed E-state index contributed by atoms with van der Waals surface area (Å²) in [6, 6.07) is 4.50. The molecule has 0 fully saturated rings. The van der Waals surface area contributed by atoms with Gasteiger partial charge >= 0.3 is 6.09 Å². The molecule has 1 rings (SSSR count). The molecule has 0 heterocycles. The molecule has 0 atom stereocenters. The molecule has 0 aliphatic carbocycles. The van der Waals surface area contributed by atoms with Crippen LogP contribution < -0.4 is 10.1 Å². The number of nitro benzene ring substituents is 1. The van der Waals surface area contributed by atoms with Crippen molar-refractivity contribution in [2.45, 2.75) is 26.4 Å². The summed E-state index contributed by atoms with van der Waals surface area (Å²) in [5.74, 6) is 0.343. The molecule has 0 radical (unpaired) electrons. The Hall–Kier alpha value is -1.83. The highest BCUT2D eigenvalue weighted by Crippen LogP contribution is 2.33. The van der Waals surface area contributed by atoms with E-state index < -0.39 is 16.6 Å². The minimum absolute atomic E-state index is 0.0763. The number of carbonyl (C=O) groups excluding carboxylic acids is 1. The second kappa shape index (κ2) is 7.26. The lowest BCUT2D eigenvalue weighted by Crippen LogP contribution is -2.34. The SMILES string of the molecule is CC(C)(C)OC(=O)NCCOc1cccc([N+](=O)[O-])c1Br. The van der Waals surface area contributed by atoms with E-state index in [1.165, 1.54) is 12.1 Å². The number of nitro groups is 1. The highest BCUT2D eigenvalue weighted by Gasteiger charge is 2.17. The Labute approximate surface area is 130 Å². The van der Waals surface area contributed by atoms with Crippen molar-refractivity contribution in [1.82, 2.24) is 5.32 Å². The maximum atomic E-state index is 11.4. The van der Waals surface area contributed by atoms with Crippen LogP contribution in [-0.4, -0.2) is 29.8 Å². The van der Waals surface area contributed by atoms with E-state index in [-0.39, 0.29) is 23.3 Å². The van der Waals surface area contributed by atoms with Crippen molar-refractivity contribution in [1.29, 1.82) is 0 Å². The second-order valence-corrected chi connectivity index (χ2v) is 5.92. The van der Waals surface area contributed by atoms with Gasteiger partial charge in [-0.25, -0.2) is 4.79 Å². The van der Waals surface area contributed by atoms with Gasteiger partial charge < -0.3 is 14.8 Å². The quantitative estimate of drug-likeness (QED) is 0.494. The number of amides is 1. The lowest BCUT2D eigenvalue weighted by molar-refractivity contribution is -0.385. The first-order valence-electron chi connectivity index (χ1n) is 6.23.